The Kier molecular flexibility index (Phi) is 5.67. The number of aryl methyl sites for hydroxylation is 2. The Morgan fingerprint density at radius 2 is 1.13 bits per heavy atom. The van der Waals surface area contributed by atoms with Crippen molar-refractivity contribution in [2.24, 2.45) is 0 Å². The molecule has 0 saturated carbocycles. The fraction of sp³-hybridized carbons (Fsp3) is 0.520. The summed E-state index contributed by atoms with van der Waals surface area (Å²) in [6.07, 6.45) is 0.674. The van der Waals surface area contributed by atoms with Crippen molar-refractivity contribution < 1.29 is 13.6 Å². The van der Waals surface area contributed by atoms with Gasteiger partial charge in [-0.25, -0.2) is 4.57 Å². The first-order valence-corrected chi connectivity index (χ1v) is 12.1. The molecule has 0 atom stereocenters. The molecule has 0 amide bonds. The summed E-state index contributed by atoms with van der Waals surface area (Å²) in [5.41, 5.74) is 6.25. The molecule has 0 fully saturated rings. The summed E-state index contributed by atoms with van der Waals surface area (Å²) < 4.78 is 28.2. The molecule has 1 aliphatic heterocycles. The number of hydrogen-bond donors (Lipinski definition) is 0. The van der Waals surface area contributed by atoms with Crippen LogP contribution in [0, 0.1) is 13.8 Å². The molecule has 1 aliphatic rings. The summed E-state index contributed by atoms with van der Waals surface area (Å²) in [5, 5.41) is 0. The van der Waals surface area contributed by atoms with Crippen LogP contribution in [-0.4, -0.2) is 18.8 Å². The van der Waals surface area contributed by atoms with Gasteiger partial charge in [-0.1, -0.05) is 76.9 Å². The zero-order valence-corrected chi connectivity index (χ0v) is 21.0. The molecule has 2 aromatic rings. The van der Waals surface area contributed by atoms with Gasteiger partial charge in [-0.05, 0) is 49.9 Å². The fourth-order valence-corrected chi connectivity index (χ4v) is 5.16. The highest BCUT2D eigenvalue weighted by molar-refractivity contribution is 7.52. The van der Waals surface area contributed by atoms with Gasteiger partial charge in [0.1, 0.15) is 11.5 Å². The maximum Gasteiger partial charge on any atom is 0.515 e. The van der Waals surface area contributed by atoms with Gasteiger partial charge in [-0.15, -0.1) is 0 Å². The van der Waals surface area contributed by atoms with Crippen LogP contribution in [0.5, 0.6) is 11.5 Å². The van der Waals surface area contributed by atoms with Gasteiger partial charge in [-0.2, -0.15) is 4.67 Å². The molecule has 1 heterocycles. The summed E-state index contributed by atoms with van der Waals surface area (Å²) in [5.74, 6) is 1.38. The van der Waals surface area contributed by atoms with Gasteiger partial charge in [0.05, 0.1) is 0 Å². The van der Waals surface area contributed by atoms with Gasteiger partial charge in [0, 0.05) is 17.5 Å². The van der Waals surface area contributed by atoms with Crippen molar-refractivity contribution in [1.29, 1.82) is 0 Å². The molecule has 0 aliphatic carbocycles. The topological polar surface area (TPSA) is 38.8 Å². The van der Waals surface area contributed by atoms with Crippen LogP contribution in [0.1, 0.15) is 74.9 Å². The van der Waals surface area contributed by atoms with E-state index in [4.69, 9.17) is 9.05 Å². The molecule has 0 radical (unpaired) electrons. The van der Waals surface area contributed by atoms with Gasteiger partial charge < -0.3 is 9.05 Å². The van der Waals surface area contributed by atoms with Crippen LogP contribution in [0.15, 0.2) is 24.3 Å². The standard InChI is InChI=1S/C25H36NO3P/c1-16-11-18-15-19-12-17(2)14-21(25(6,7)8)23(19)29-30(27,26(9)10)28-22(18)20(13-16)24(3,4)5/h11-14H,15H2,1-10H3. The zero-order chi connectivity index (χ0) is 22.6. The Morgan fingerprint density at radius 1 is 0.767 bits per heavy atom. The monoisotopic (exact) mass is 429 g/mol. The highest BCUT2D eigenvalue weighted by Crippen LogP contribution is 2.56. The molecule has 0 saturated heterocycles. The molecule has 0 aromatic heterocycles. The molecule has 4 nitrogen and oxygen atoms in total. The van der Waals surface area contributed by atoms with Crippen LogP contribution < -0.4 is 9.05 Å². The first kappa shape index (κ1) is 22.9. The van der Waals surface area contributed by atoms with E-state index in [2.05, 4.69) is 79.7 Å². The maximum absolute atomic E-state index is 14.0. The molecule has 3 rings (SSSR count). The Hall–Kier alpha value is -1.77. The molecule has 0 spiro atoms. The lowest BCUT2D eigenvalue weighted by Crippen LogP contribution is -2.24. The predicted molar refractivity (Wildman–Crippen MR) is 125 cm³/mol. The minimum atomic E-state index is -3.61. The van der Waals surface area contributed by atoms with E-state index in [-0.39, 0.29) is 10.8 Å². The van der Waals surface area contributed by atoms with Gasteiger partial charge in [-0.3, -0.25) is 0 Å². The van der Waals surface area contributed by atoms with Crippen molar-refractivity contribution in [1.82, 2.24) is 4.67 Å². The van der Waals surface area contributed by atoms with Crippen molar-refractivity contribution in [3.05, 3.63) is 57.6 Å². The van der Waals surface area contributed by atoms with Gasteiger partial charge in [0.2, 0.25) is 0 Å². The van der Waals surface area contributed by atoms with Crippen molar-refractivity contribution in [2.75, 3.05) is 14.1 Å². The number of fused-ring (bicyclic) bond motifs is 2. The first-order valence-electron chi connectivity index (χ1n) is 10.6. The Morgan fingerprint density at radius 3 is 1.43 bits per heavy atom. The summed E-state index contributed by atoms with van der Waals surface area (Å²) in [7, 11) is -0.116. The lowest BCUT2D eigenvalue weighted by Gasteiger charge is -2.34. The molecule has 30 heavy (non-hydrogen) atoms. The quantitative estimate of drug-likeness (QED) is 0.461. The summed E-state index contributed by atoms with van der Waals surface area (Å²) in [4.78, 5) is 0. The maximum atomic E-state index is 14.0. The van der Waals surface area contributed by atoms with Crippen molar-refractivity contribution in [3.8, 4) is 11.5 Å². The lowest BCUT2D eigenvalue weighted by atomic mass is 9.81. The SMILES string of the molecule is Cc1cc2c(c(C(C)(C)C)c1)OP(=O)(N(C)C)Oc1c(cc(C)cc1C(C)(C)C)C2. The molecule has 2 aromatic carbocycles. The summed E-state index contributed by atoms with van der Waals surface area (Å²) >= 11 is 0. The number of hydrogen-bond acceptors (Lipinski definition) is 3. The average molecular weight is 430 g/mol. The summed E-state index contributed by atoms with van der Waals surface area (Å²) in [6.45, 7) is 17.1. The van der Waals surface area contributed by atoms with E-state index in [1.54, 1.807) is 18.8 Å². The molecule has 0 bridgehead atoms. The first-order chi connectivity index (χ1) is 13.6. The Labute approximate surface area is 182 Å². The number of rotatable bonds is 1. The van der Waals surface area contributed by atoms with Gasteiger partial charge in [0.15, 0.2) is 0 Å². The Balaban J connectivity index is 2.39. The third-order valence-corrected chi connectivity index (χ3v) is 7.33. The van der Waals surface area contributed by atoms with Crippen molar-refractivity contribution in [2.45, 2.75) is 72.6 Å². The van der Waals surface area contributed by atoms with Crippen LogP contribution in [0.2, 0.25) is 0 Å². The highest BCUT2D eigenvalue weighted by atomic mass is 31.2. The van der Waals surface area contributed by atoms with E-state index in [0.29, 0.717) is 17.9 Å². The van der Waals surface area contributed by atoms with Gasteiger partial charge in [0.25, 0.3) is 0 Å². The normalized spacial score (nSPS) is 16.1. The van der Waals surface area contributed by atoms with Crippen LogP contribution >= 0.6 is 7.75 Å². The third-order valence-electron chi connectivity index (χ3n) is 5.52. The van der Waals surface area contributed by atoms with E-state index in [1.165, 1.54) is 11.1 Å². The lowest BCUT2D eigenvalue weighted by molar-refractivity contribution is 0.314. The second-order valence-corrected chi connectivity index (χ2v) is 12.9. The number of nitrogens with zero attached hydrogens (tertiary/aromatic N) is 1. The molecule has 0 N–H and O–H groups in total. The second kappa shape index (κ2) is 7.43. The smallest absolute Gasteiger partial charge is 0.404 e. The van der Waals surface area contributed by atoms with E-state index in [9.17, 15) is 4.57 Å². The molecular formula is C25H36NO3P. The zero-order valence-electron chi connectivity index (χ0n) is 20.1. The van der Waals surface area contributed by atoms with E-state index >= 15 is 0 Å². The molecular weight excluding hydrogens is 393 g/mol. The minimum absolute atomic E-state index is 0.154. The van der Waals surface area contributed by atoms with Crippen LogP contribution in [0.25, 0.3) is 0 Å². The van der Waals surface area contributed by atoms with E-state index in [1.807, 2.05) is 0 Å². The van der Waals surface area contributed by atoms with Crippen molar-refractivity contribution >= 4 is 7.75 Å². The second-order valence-electron chi connectivity index (χ2n) is 10.8. The highest BCUT2D eigenvalue weighted by Gasteiger charge is 2.39. The van der Waals surface area contributed by atoms with Crippen LogP contribution in [0.4, 0.5) is 0 Å². The Bertz CT molecular complexity index is 951. The molecule has 5 heteroatoms. The van der Waals surface area contributed by atoms with Crippen molar-refractivity contribution in [3.63, 3.8) is 0 Å². The predicted octanol–water partition coefficient (Wildman–Crippen LogP) is 6.93. The average Bonchev–Trinajstić information content (AvgIpc) is 2.55. The molecule has 0 unspecified atom stereocenters. The fourth-order valence-electron chi connectivity index (χ4n) is 3.91. The third kappa shape index (κ3) is 4.31. The van der Waals surface area contributed by atoms with Crippen LogP contribution in [-0.2, 0) is 21.8 Å². The largest absolute Gasteiger partial charge is 0.515 e. The summed E-state index contributed by atoms with van der Waals surface area (Å²) in [6, 6.07) is 8.58. The minimum Gasteiger partial charge on any atom is -0.404 e. The van der Waals surface area contributed by atoms with Crippen LogP contribution in [0.3, 0.4) is 0 Å². The van der Waals surface area contributed by atoms with Gasteiger partial charge >= 0.3 is 7.75 Å². The number of benzene rings is 2. The van der Waals surface area contributed by atoms with E-state index < -0.39 is 7.75 Å². The van der Waals surface area contributed by atoms with E-state index in [0.717, 1.165) is 22.3 Å². The molecule has 164 valence electrons.